The van der Waals surface area contributed by atoms with E-state index in [2.05, 4.69) is 25.2 Å². The largest absolute Gasteiger partial charge is 0.375 e. The number of aromatic amines is 1. The van der Waals surface area contributed by atoms with Crippen LogP contribution < -0.4 is 5.32 Å². The Bertz CT molecular complexity index is 939. The predicted molar refractivity (Wildman–Crippen MR) is 108 cm³/mol. The molecule has 1 aromatic heterocycles. The van der Waals surface area contributed by atoms with Crippen molar-refractivity contribution in [1.29, 1.82) is 0 Å². The third-order valence-corrected chi connectivity index (χ3v) is 5.28. The van der Waals surface area contributed by atoms with Crippen molar-refractivity contribution in [2.24, 2.45) is 4.99 Å². The van der Waals surface area contributed by atoms with E-state index in [-0.39, 0.29) is 18.0 Å². The normalized spacial score (nSPS) is 21.4. The molecule has 2 atom stereocenters. The number of aliphatic imine (C=N–C) groups is 1. The van der Waals surface area contributed by atoms with E-state index in [1.54, 1.807) is 18.5 Å². The van der Waals surface area contributed by atoms with Crippen molar-refractivity contribution < 1.29 is 13.9 Å². The topological polar surface area (TPSA) is 82.6 Å². The van der Waals surface area contributed by atoms with Crippen molar-refractivity contribution in [2.75, 3.05) is 18.5 Å². The van der Waals surface area contributed by atoms with Crippen molar-refractivity contribution in [3.05, 3.63) is 59.3 Å². The highest BCUT2D eigenvalue weighted by molar-refractivity contribution is 6.05. The van der Waals surface area contributed by atoms with Gasteiger partial charge in [0.1, 0.15) is 11.9 Å². The number of benzene rings is 1. The molecule has 2 N–H and O–H groups in total. The number of imidazole rings is 1. The van der Waals surface area contributed by atoms with E-state index in [0.29, 0.717) is 30.3 Å². The second-order valence-electron chi connectivity index (χ2n) is 7.16. The molecular weight excluding hydrogens is 373 g/mol. The number of allylic oxidation sites excluding steroid dienone is 2. The standard InChI is InChI=1S/C21H24FN5O2/c1-2-6-17(28)16-9-4-3-7-14(16)11-29-12-15-8-5-10-27(15)20-18-19(23-13-24-20)26-21(22)25-18/h2-4,6-7,9,13,15,20H,5,8,10-12H2,1H3,(H,23,24)(H,25,26)/b6-2-. The molecule has 0 bridgehead atoms. The first-order chi connectivity index (χ1) is 14.2. The van der Waals surface area contributed by atoms with Gasteiger partial charge in [0.15, 0.2) is 11.6 Å². The van der Waals surface area contributed by atoms with Crippen LogP contribution in [-0.2, 0) is 11.3 Å². The Morgan fingerprint density at radius 1 is 1.41 bits per heavy atom. The molecule has 2 aliphatic rings. The van der Waals surface area contributed by atoms with E-state index >= 15 is 0 Å². The summed E-state index contributed by atoms with van der Waals surface area (Å²) in [6.45, 7) is 3.55. The van der Waals surface area contributed by atoms with Crippen LogP contribution in [0.5, 0.6) is 0 Å². The molecule has 2 aromatic rings. The van der Waals surface area contributed by atoms with E-state index in [1.807, 2.05) is 31.2 Å². The van der Waals surface area contributed by atoms with Crippen molar-refractivity contribution in [3.63, 3.8) is 0 Å². The monoisotopic (exact) mass is 397 g/mol. The number of anilines is 1. The summed E-state index contributed by atoms with van der Waals surface area (Å²) in [5, 5.41) is 2.87. The molecule has 7 nitrogen and oxygen atoms in total. The average molecular weight is 397 g/mol. The first-order valence-electron chi connectivity index (χ1n) is 9.79. The Balaban J connectivity index is 1.41. The van der Waals surface area contributed by atoms with Gasteiger partial charge < -0.3 is 15.0 Å². The molecule has 1 aromatic carbocycles. The zero-order chi connectivity index (χ0) is 20.2. The van der Waals surface area contributed by atoms with Crippen LogP contribution in [0.3, 0.4) is 0 Å². The highest BCUT2D eigenvalue weighted by Gasteiger charge is 2.35. The van der Waals surface area contributed by atoms with E-state index < -0.39 is 6.08 Å². The van der Waals surface area contributed by atoms with Crippen LogP contribution in [0.25, 0.3) is 0 Å². The Morgan fingerprint density at radius 2 is 2.28 bits per heavy atom. The third kappa shape index (κ3) is 4.13. The minimum absolute atomic E-state index is 0.0213. The van der Waals surface area contributed by atoms with Crippen LogP contribution in [-0.4, -0.2) is 46.2 Å². The minimum atomic E-state index is -0.618. The quantitative estimate of drug-likeness (QED) is 0.552. The highest BCUT2D eigenvalue weighted by Crippen LogP contribution is 2.34. The Morgan fingerprint density at radius 3 is 3.14 bits per heavy atom. The van der Waals surface area contributed by atoms with Crippen LogP contribution in [0.2, 0.25) is 0 Å². The lowest BCUT2D eigenvalue weighted by atomic mass is 10.0. The molecule has 2 unspecified atom stereocenters. The van der Waals surface area contributed by atoms with Crippen molar-refractivity contribution in [2.45, 2.75) is 38.6 Å². The fraction of sp³-hybridized carbons (Fsp3) is 0.381. The number of aromatic nitrogens is 2. The van der Waals surface area contributed by atoms with Gasteiger partial charge in [0, 0.05) is 18.2 Å². The van der Waals surface area contributed by atoms with Crippen molar-refractivity contribution in [3.8, 4) is 0 Å². The molecule has 1 fully saturated rings. The van der Waals surface area contributed by atoms with Crippen LogP contribution in [0.4, 0.5) is 10.2 Å². The lowest BCUT2D eigenvalue weighted by molar-refractivity contribution is 0.0507. The van der Waals surface area contributed by atoms with Gasteiger partial charge in [-0.15, -0.1) is 0 Å². The number of carbonyl (C=O) groups is 1. The predicted octanol–water partition coefficient (Wildman–Crippen LogP) is 3.44. The van der Waals surface area contributed by atoms with Gasteiger partial charge >= 0.3 is 0 Å². The number of ether oxygens (including phenoxy) is 1. The highest BCUT2D eigenvalue weighted by atomic mass is 19.1. The van der Waals surface area contributed by atoms with Gasteiger partial charge in [-0.3, -0.25) is 9.69 Å². The fourth-order valence-electron chi connectivity index (χ4n) is 3.94. The second kappa shape index (κ2) is 8.67. The van der Waals surface area contributed by atoms with Gasteiger partial charge in [-0.2, -0.15) is 9.37 Å². The number of halogens is 1. The summed E-state index contributed by atoms with van der Waals surface area (Å²) in [5.41, 5.74) is 2.17. The first-order valence-corrected chi connectivity index (χ1v) is 9.79. The van der Waals surface area contributed by atoms with Crippen LogP contribution >= 0.6 is 0 Å². The molecule has 2 aliphatic heterocycles. The summed E-state index contributed by atoms with van der Waals surface area (Å²) >= 11 is 0. The number of H-pyrrole nitrogens is 1. The third-order valence-electron chi connectivity index (χ3n) is 5.28. The van der Waals surface area contributed by atoms with Gasteiger partial charge in [0.25, 0.3) is 6.08 Å². The second-order valence-corrected chi connectivity index (χ2v) is 7.16. The van der Waals surface area contributed by atoms with Gasteiger partial charge in [-0.05, 0) is 31.4 Å². The number of ketones is 1. The van der Waals surface area contributed by atoms with Gasteiger partial charge in [-0.1, -0.05) is 30.3 Å². The van der Waals surface area contributed by atoms with E-state index in [9.17, 15) is 9.18 Å². The number of nitrogens with zero attached hydrogens (tertiary/aromatic N) is 3. The van der Waals surface area contributed by atoms with Crippen LogP contribution in [0.15, 0.2) is 41.4 Å². The number of likely N-dealkylation sites (tertiary alicyclic amines) is 1. The summed E-state index contributed by atoms with van der Waals surface area (Å²) in [5.74, 6) is 0.456. The molecule has 0 aliphatic carbocycles. The molecule has 1 saturated heterocycles. The number of fused-ring (bicyclic) bond motifs is 1. The lowest BCUT2D eigenvalue weighted by Gasteiger charge is -2.31. The summed E-state index contributed by atoms with van der Waals surface area (Å²) in [7, 11) is 0. The molecule has 0 amide bonds. The molecule has 0 radical (unpaired) electrons. The molecule has 152 valence electrons. The maximum atomic E-state index is 13.6. The zero-order valence-corrected chi connectivity index (χ0v) is 16.3. The molecule has 4 rings (SSSR count). The smallest absolute Gasteiger partial charge is 0.288 e. The number of carbonyl (C=O) groups excluding carboxylic acids is 1. The zero-order valence-electron chi connectivity index (χ0n) is 16.3. The van der Waals surface area contributed by atoms with Crippen molar-refractivity contribution in [1.82, 2.24) is 14.9 Å². The number of nitrogens with one attached hydrogen (secondary N) is 2. The summed E-state index contributed by atoms with van der Waals surface area (Å²) < 4.78 is 19.6. The maximum Gasteiger partial charge on any atom is 0.288 e. The molecular formula is C21H24FN5O2. The molecule has 0 spiro atoms. The number of rotatable bonds is 7. The first kappa shape index (κ1) is 19.5. The van der Waals surface area contributed by atoms with Gasteiger partial charge in [0.2, 0.25) is 0 Å². The minimum Gasteiger partial charge on any atom is -0.375 e. The maximum absolute atomic E-state index is 13.6. The number of hydrogen-bond acceptors (Lipinski definition) is 6. The Labute approximate surface area is 168 Å². The molecule has 3 heterocycles. The molecule has 29 heavy (non-hydrogen) atoms. The van der Waals surface area contributed by atoms with E-state index in [0.717, 1.165) is 24.9 Å². The Kier molecular flexibility index (Phi) is 5.82. The van der Waals surface area contributed by atoms with E-state index in [1.165, 1.54) is 0 Å². The summed E-state index contributed by atoms with van der Waals surface area (Å²) in [6, 6.07) is 7.66. The van der Waals surface area contributed by atoms with Crippen LogP contribution in [0, 0.1) is 6.08 Å². The lowest BCUT2D eigenvalue weighted by Crippen LogP contribution is -2.37. The Hall–Kier alpha value is -2.84. The fourth-order valence-corrected chi connectivity index (χ4v) is 3.94. The molecule has 0 saturated carbocycles. The van der Waals surface area contributed by atoms with Crippen molar-refractivity contribution >= 4 is 17.9 Å². The van der Waals surface area contributed by atoms with E-state index in [4.69, 9.17) is 4.74 Å². The van der Waals surface area contributed by atoms with Gasteiger partial charge in [0.05, 0.1) is 19.6 Å². The summed E-state index contributed by atoms with van der Waals surface area (Å²) in [6.07, 6.45) is 5.94. The average Bonchev–Trinajstić information content (AvgIpc) is 3.33. The SMILES string of the molecule is C/C=C\C(=O)c1ccccc1COCC1CCCN1C1N=CNc2nc(F)[nH]c21. The molecule has 8 heteroatoms. The summed E-state index contributed by atoms with van der Waals surface area (Å²) in [4.78, 5) is 25.4. The number of hydrogen-bond donors (Lipinski definition) is 2. The van der Waals surface area contributed by atoms with Crippen LogP contribution in [0.1, 0.15) is 47.5 Å². The van der Waals surface area contributed by atoms with Gasteiger partial charge in [-0.25, -0.2) is 4.99 Å².